The van der Waals surface area contributed by atoms with Crippen LogP contribution < -0.4 is 11.1 Å². The molecule has 0 atom stereocenters. The molecule has 0 spiro atoms. The highest BCUT2D eigenvalue weighted by atomic mass is 35.5. The first-order valence-corrected chi connectivity index (χ1v) is 10.0. The van der Waals surface area contributed by atoms with Crippen LogP contribution in [0, 0.1) is 5.92 Å². The van der Waals surface area contributed by atoms with Crippen molar-refractivity contribution in [3.63, 3.8) is 0 Å². The van der Waals surface area contributed by atoms with Gasteiger partial charge in [0.1, 0.15) is 0 Å². The second-order valence-corrected chi connectivity index (χ2v) is 8.08. The summed E-state index contributed by atoms with van der Waals surface area (Å²) in [6.45, 7) is 0.321. The van der Waals surface area contributed by atoms with Gasteiger partial charge >= 0.3 is 6.18 Å². The summed E-state index contributed by atoms with van der Waals surface area (Å²) in [6.07, 6.45) is -1.70. The molecule has 0 radical (unpaired) electrons. The predicted octanol–water partition coefficient (Wildman–Crippen LogP) is 5.48. The molecule has 164 valence electrons. The molecule has 0 saturated heterocycles. The quantitative estimate of drug-likeness (QED) is 0.620. The number of nitrogens with one attached hydrogen (secondary N) is 1. The number of benzene rings is 2. The van der Waals surface area contributed by atoms with Gasteiger partial charge in [-0.1, -0.05) is 41.9 Å². The van der Waals surface area contributed by atoms with Gasteiger partial charge in [-0.15, -0.1) is 12.4 Å². The Morgan fingerprint density at radius 1 is 1.13 bits per heavy atom. The van der Waals surface area contributed by atoms with Crippen LogP contribution in [0.15, 0.2) is 48.5 Å². The van der Waals surface area contributed by atoms with Crippen LogP contribution >= 0.6 is 24.0 Å². The molecule has 0 aromatic heterocycles. The van der Waals surface area contributed by atoms with Gasteiger partial charge in [-0.2, -0.15) is 13.2 Å². The summed E-state index contributed by atoms with van der Waals surface area (Å²) in [5.74, 6) is -0.439. The molecule has 0 bridgehead atoms. The highest BCUT2D eigenvalue weighted by molar-refractivity contribution is 6.30. The van der Waals surface area contributed by atoms with Crippen LogP contribution in [0.3, 0.4) is 0 Å². The van der Waals surface area contributed by atoms with E-state index in [9.17, 15) is 18.0 Å². The first-order valence-electron chi connectivity index (χ1n) is 9.64. The molecule has 3 nitrogen and oxygen atoms in total. The number of amides is 1. The Morgan fingerprint density at radius 3 is 2.40 bits per heavy atom. The highest BCUT2D eigenvalue weighted by Crippen LogP contribution is 2.41. The number of rotatable bonds is 5. The average Bonchev–Trinajstić information content (AvgIpc) is 2.71. The van der Waals surface area contributed by atoms with Crippen LogP contribution in [0.2, 0.25) is 5.02 Å². The molecule has 1 amide bonds. The third-order valence-electron chi connectivity index (χ3n) is 5.92. The lowest BCUT2D eigenvalue weighted by Crippen LogP contribution is -2.42. The fourth-order valence-corrected chi connectivity index (χ4v) is 4.33. The first-order chi connectivity index (χ1) is 13.7. The predicted molar refractivity (Wildman–Crippen MR) is 115 cm³/mol. The topological polar surface area (TPSA) is 55.1 Å². The second kappa shape index (κ2) is 10.0. The molecule has 30 heavy (non-hydrogen) atoms. The molecule has 1 fully saturated rings. The summed E-state index contributed by atoms with van der Waals surface area (Å²) in [4.78, 5) is 12.6. The Bertz CT molecular complexity index is 865. The van der Waals surface area contributed by atoms with Gasteiger partial charge < -0.3 is 11.1 Å². The number of hydrogen-bond donors (Lipinski definition) is 2. The van der Waals surface area contributed by atoms with E-state index in [0.717, 1.165) is 24.5 Å². The summed E-state index contributed by atoms with van der Waals surface area (Å²) >= 11 is 6.12. The molecule has 0 unspecified atom stereocenters. The zero-order valence-electron chi connectivity index (χ0n) is 16.3. The number of carbonyl (C=O) groups excluding carboxylic acids is 1. The maximum Gasteiger partial charge on any atom is 0.416 e. The minimum absolute atomic E-state index is 0. The van der Waals surface area contributed by atoms with E-state index >= 15 is 0 Å². The van der Waals surface area contributed by atoms with Gasteiger partial charge in [-0.05, 0) is 55.0 Å². The molecule has 0 heterocycles. The Kier molecular flexibility index (Phi) is 8.20. The average molecular weight is 461 g/mol. The summed E-state index contributed by atoms with van der Waals surface area (Å²) in [7, 11) is 0. The third kappa shape index (κ3) is 5.48. The normalized spacial score (nSPS) is 21.6. The van der Waals surface area contributed by atoms with Crippen molar-refractivity contribution in [2.75, 3.05) is 6.54 Å². The summed E-state index contributed by atoms with van der Waals surface area (Å²) in [5, 5.41) is 3.34. The van der Waals surface area contributed by atoms with Crippen LogP contribution in [0.5, 0.6) is 0 Å². The van der Waals surface area contributed by atoms with Gasteiger partial charge in [0.15, 0.2) is 0 Å². The molecule has 8 heteroatoms. The SMILES string of the molecule is Cl.NCC1(c2cccc(Cl)c2)CCC(C(=O)NCc2ccccc2C(F)(F)F)CC1. The van der Waals surface area contributed by atoms with E-state index in [0.29, 0.717) is 24.4 Å². The number of nitrogens with two attached hydrogens (primary N) is 1. The first kappa shape index (κ1) is 24.5. The zero-order chi connectivity index (χ0) is 21.1. The van der Waals surface area contributed by atoms with Crippen molar-refractivity contribution >= 4 is 29.9 Å². The van der Waals surface area contributed by atoms with E-state index in [-0.39, 0.29) is 41.8 Å². The largest absolute Gasteiger partial charge is 0.416 e. The van der Waals surface area contributed by atoms with Gasteiger partial charge in [-0.25, -0.2) is 0 Å². The summed E-state index contributed by atoms with van der Waals surface area (Å²) < 4.78 is 39.3. The molecule has 0 aliphatic heterocycles. The smallest absolute Gasteiger partial charge is 0.352 e. The van der Waals surface area contributed by atoms with E-state index in [2.05, 4.69) is 5.32 Å². The molecule has 2 aromatic rings. The Hall–Kier alpha value is -1.76. The van der Waals surface area contributed by atoms with Crippen LogP contribution in [-0.2, 0) is 22.9 Å². The van der Waals surface area contributed by atoms with Gasteiger partial charge in [-0.3, -0.25) is 4.79 Å². The second-order valence-electron chi connectivity index (χ2n) is 7.64. The van der Waals surface area contributed by atoms with Crippen molar-refractivity contribution in [3.8, 4) is 0 Å². The van der Waals surface area contributed by atoms with Gasteiger partial charge in [0.2, 0.25) is 5.91 Å². The van der Waals surface area contributed by atoms with Gasteiger partial charge in [0, 0.05) is 29.4 Å². The van der Waals surface area contributed by atoms with Gasteiger partial charge in [0.25, 0.3) is 0 Å². The molecule has 1 saturated carbocycles. The number of carbonyl (C=O) groups is 1. The van der Waals surface area contributed by atoms with E-state index in [1.807, 2.05) is 24.3 Å². The molecule has 3 rings (SSSR count). The minimum Gasteiger partial charge on any atom is -0.352 e. The minimum atomic E-state index is -4.44. The molecular weight excluding hydrogens is 436 g/mol. The monoisotopic (exact) mass is 460 g/mol. The summed E-state index contributed by atoms with van der Waals surface area (Å²) in [6, 6.07) is 12.9. The van der Waals surface area contributed by atoms with Crippen LogP contribution in [0.1, 0.15) is 42.4 Å². The molecule has 3 N–H and O–H groups in total. The maximum atomic E-state index is 13.1. The zero-order valence-corrected chi connectivity index (χ0v) is 17.9. The maximum absolute atomic E-state index is 13.1. The molecule has 2 aromatic carbocycles. The van der Waals surface area contributed by atoms with Crippen LogP contribution in [0.25, 0.3) is 0 Å². The Balaban J connectivity index is 0.00000320. The summed E-state index contributed by atoms with van der Waals surface area (Å²) in [5.41, 5.74) is 6.29. The van der Waals surface area contributed by atoms with E-state index < -0.39 is 11.7 Å². The van der Waals surface area contributed by atoms with Gasteiger partial charge in [0.05, 0.1) is 5.56 Å². The number of hydrogen-bond acceptors (Lipinski definition) is 2. The van der Waals surface area contributed by atoms with E-state index in [1.54, 1.807) is 0 Å². The molecule has 1 aliphatic rings. The number of halogens is 5. The lowest BCUT2D eigenvalue weighted by molar-refractivity contribution is -0.138. The highest BCUT2D eigenvalue weighted by Gasteiger charge is 2.38. The van der Waals surface area contributed by atoms with Crippen molar-refractivity contribution < 1.29 is 18.0 Å². The van der Waals surface area contributed by atoms with E-state index in [1.165, 1.54) is 18.2 Å². The van der Waals surface area contributed by atoms with Crippen LogP contribution in [0.4, 0.5) is 13.2 Å². The Labute approximate surface area is 185 Å². The standard InChI is InChI=1S/C22H24ClF3N2O.ClH/c23-18-6-3-5-17(12-18)21(14-27)10-8-15(9-11-21)20(29)28-13-16-4-1-2-7-19(16)22(24,25)26;/h1-7,12,15H,8-11,13-14,27H2,(H,28,29);1H. The van der Waals surface area contributed by atoms with E-state index in [4.69, 9.17) is 17.3 Å². The lowest BCUT2D eigenvalue weighted by atomic mass is 9.66. The van der Waals surface area contributed by atoms with Crippen molar-refractivity contribution in [2.45, 2.75) is 43.8 Å². The van der Waals surface area contributed by atoms with Crippen molar-refractivity contribution in [2.24, 2.45) is 11.7 Å². The fourth-order valence-electron chi connectivity index (χ4n) is 4.14. The van der Waals surface area contributed by atoms with Crippen molar-refractivity contribution in [1.82, 2.24) is 5.32 Å². The fraction of sp³-hybridized carbons (Fsp3) is 0.409. The van der Waals surface area contributed by atoms with Crippen molar-refractivity contribution in [3.05, 3.63) is 70.2 Å². The molecule has 1 aliphatic carbocycles. The molecular formula is C22H25Cl2F3N2O. The van der Waals surface area contributed by atoms with Crippen molar-refractivity contribution in [1.29, 1.82) is 0 Å². The third-order valence-corrected chi connectivity index (χ3v) is 6.15. The Morgan fingerprint density at radius 2 is 1.80 bits per heavy atom. The van der Waals surface area contributed by atoms with Crippen LogP contribution in [-0.4, -0.2) is 12.5 Å². The lowest BCUT2D eigenvalue weighted by Gasteiger charge is -2.39. The number of alkyl halides is 3.